The van der Waals surface area contributed by atoms with Gasteiger partial charge in [-0.25, -0.2) is 15.4 Å². The summed E-state index contributed by atoms with van der Waals surface area (Å²) in [5.74, 6) is 0.404. The van der Waals surface area contributed by atoms with E-state index in [1.165, 1.54) is 18.9 Å². The first-order valence-electron chi connectivity index (χ1n) is 11.0. The largest absolute Gasteiger partial charge is 0.354 e. The molecule has 3 aromatic heterocycles. The maximum atomic E-state index is 12.6. The summed E-state index contributed by atoms with van der Waals surface area (Å²) in [4.78, 5) is 37.8. The van der Waals surface area contributed by atoms with Gasteiger partial charge in [0, 0.05) is 41.3 Å². The molecular weight excluding hydrogens is 474 g/mol. The number of anilines is 1. The molecule has 5 rings (SSSR count). The van der Waals surface area contributed by atoms with Crippen LogP contribution in [0.15, 0.2) is 40.5 Å². The number of hydroxylamine groups is 1. The molecule has 0 spiro atoms. The Labute approximate surface area is 205 Å². The van der Waals surface area contributed by atoms with Crippen molar-refractivity contribution >= 4 is 57.0 Å². The van der Waals surface area contributed by atoms with Gasteiger partial charge in [-0.3, -0.25) is 14.6 Å². The van der Waals surface area contributed by atoms with E-state index in [2.05, 4.69) is 20.3 Å². The Balaban J connectivity index is 1.61. The summed E-state index contributed by atoms with van der Waals surface area (Å²) in [5.41, 5.74) is 11.2. The van der Waals surface area contributed by atoms with Crippen LogP contribution in [0, 0.1) is 0 Å². The average Bonchev–Trinajstić information content (AvgIpc) is 3.41. The van der Waals surface area contributed by atoms with Crippen molar-refractivity contribution in [2.75, 3.05) is 25.1 Å². The predicted molar refractivity (Wildman–Crippen MR) is 133 cm³/mol. The second-order valence-electron chi connectivity index (χ2n) is 8.10. The summed E-state index contributed by atoms with van der Waals surface area (Å²) in [5, 5.41) is 2.85. The van der Waals surface area contributed by atoms with Crippen LogP contribution >= 0.6 is 23.4 Å². The number of aryl methyl sites for hydroxylation is 1. The summed E-state index contributed by atoms with van der Waals surface area (Å²) in [6.45, 7) is 3.56. The minimum Gasteiger partial charge on any atom is -0.354 e. The zero-order valence-corrected chi connectivity index (χ0v) is 20.3. The van der Waals surface area contributed by atoms with Crippen molar-refractivity contribution in [1.82, 2.24) is 25.4 Å². The Kier molecular flexibility index (Phi) is 6.30. The van der Waals surface area contributed by atoms with Crippen molar-refractivity contribution < 1.29 is 9.63 Å². The van der Waals surface area contributed by atoms with Gasteiger partial charge in [-0.15, -0.1) is 0 Å². The molecule has 1 aliphatic rings. The molecule has 0 unspecified atom stereocenters. The first-order valence-corrected chi connectivity index (χ1v) is 12.2. The van der Waals surface area contributed by atoms with E-state index in [0.29, 0.717) is 33.5 Å². The van der Waals surface area contributed by atoms with Crippen LogP contribution in [-0.4, -0.2) is 52.1 Å². The molecule has 1 aromatic carbocycles. The van der Waals surface area contributed by atoms with Crippen molar-refractivity contribution in [3.05, 3.63) is 46.7 Å². The third-order valence-electron chi connectivity index (χ3n) is 5.83. The van der Waals surface area contributed by atoms with Crippen LogP contribution in [-0.2, 0) is 11.3 Å². The normalized spacial score (nSPS) is 16.0. The van der Waals surface area contributed by atoms with Crippen molar-refractivity contribution in [2.45, 2.75) is 35.9 Å². The molecule has 4 N–H and O–H groups in total. The maximum absolute atomic E-state index is 12.6. The predicted octanol–water partition coefficient (Wildman–Crippen LogP) is 3.70. The third kappa shape index (κ3) is 4.18. The number of fused-ring (bicyclic) bond motifs is 2. The Hall–Kier alpha value is -2.92. The van der Waals surface area contributed by atoms with Gasteiger partial charge >= 0.3 is 0 Å². The molecule has 1 atom stereocenters. The highest BCUT2D eigenvalue weighted by molar-refractivity contribution is 7.99. The number of carbonyl (C=O) groups excluding carboxylic acids is 1. The highest BCUT2D eigenvalue weighted by atomic mass is 35.5. The number of nitrogens with two attached hydrogens (primary N) is 1. The van der Waals surface area contributed by atoms with Crippen LogP contribution in [0.3, 0.4) is 0 Å². The van der Waals surface area contributed by atoms with Gasteiger partial charge < -0.3 is 15.6 Å². The summed E-state index contributed by atoms with van der Waals surface area (Å²) in [7, 11) is 1.40. The lowest BCUT2D eigenvalue weighted by Gasteiger charge is -2.18. The fourth-order valence-corrected chi connectivity index (χ4v) is 5.42. The highest BCUT2D eigenvalue weighted by Crippen LogP contribution is 2.38. The monoisotopic (exact) mass is 497 g/mol. The number of aromatic amines is 1. The molecule has 4 heterocycles. The van der Waals surface area contributed by atoms with Crippen LogP contribution < -0.4 is 16.1 Å². The van der Waals surface area contributed by atoms with Gasteiger partial charge in [0.15, 0.2) is 5.16 Å². The zero-order chi connectivity index (χ0) is 23.8. The number of hydrogen-bond donors (Lipinski definition) is 3. The SMILES string of the molecule is CCc1[nH]c2nc(Sc3cc(C(=O)NOC)c4ncccc4c3)nc(N3CC[C@H](N)C3)c2c1Cl. The number of amides is 1. The molecule has 1 fully saturated rings. The van der Waals surface area contributed by atoms with E-state index in [0.717, 1.165) is 46.6 Å². The number of carbonyl (C=O) groups is 1. The summed E-state index contributed by atoms with van der Waals surface area (Å²) >= 11 is 8.07. The molecule has 0 bridgehead atoms. The van der Waals surface area contributed by atoms with Crippen LogP contribution in [0.2, 0.25) is 5.02 Å². The number of aromatic nitrogens is 4. The molecule has 11 heteroatoms. The average molecular weight is 498 g/mol. The molecule has 1 amide bonds. The van der Waals surface area contributed by atoms with Gasteiger partial charge in [-0.05, 0) is 42.8 Å². The Morgan fingerprint density at radius 3 is 3.00 bits per heavy atom. The van der Waals surface area contributed by atoms with E-state index in [9.17, 15) is 4.79 Å². The number of nitrogens with one attached hydrogen (secondary N) is 2. The number of H-pyrrole nitrogens is 1. The van der Waals surface area contributed by atoms with Crippen molar-refractivity contribution in [2.24, 2.45) is 5.73 Å². The fourth-order valence-electron chi connectivity index (χ4n) is 4.22. The number of pyridine rings is 1. The van der Waals surface area contributed by atoms with Crippen LogP contribution in [0.25, 0.3) is 21.9 Å². The molecule has 1 aliphatic heterocycles. The van der Waals surface area contributed by atoms with Gasteiger partial charge in [0.25, 0.3) is 5.91 Å². The van der Waals surface area contributed by atoms with Gasteiger partial charge in [0.05, 0.1) is 28.6 Å². The second kappa shape index (κ2) is 9.38. The molecular formula is C23H24ClN7O2S. The Morgan fingerprint density at radius 2 is 2.26 bits per heavy atom. The smallest absolute Gasteiger partial charge is 0.277 e. The first-order chi connectivity index (χ1) is 16.5. The molecule has 4 aromatic rings. The first kappa shape index (κ1) is 22.9. The lowest BCUT2D eigenvalue weighted by atomic mass is 10.1. The van der Waals surface area contributed by atoms with E-state index >= 15 is 0 Å². The number of halogens is 1. The molecule has 0 saturated carbocycles. The fraction of sp³-hybridized carbons (Fsp3) is 0.304. The second-order valence-corrected chi connectivity index (χ2v) is 9.52. The molecule has 1 saturated heterocycles. The summed E-state index contributed by atoms with van der Waals surface area (Å²) < 4.78 is 0. The van der Waals surface area contributed by atoms with Gasteiger partial charge in [0.1, 0.15) is 11.5 Å². The molecule has 176 valence electrons. The number of nitrogens with zero attached hydrogens (tertiary/aromatic N) is 4. The van der Waals surface area contributed by atoms with Crippen LogP contribution in [0.5, 0.6) is 0 Å². The summed E-state index contributed by atoms with van der Waals surface area (Å²) in [6.07, 6.45) is 3.31. The van der Waals surface area contributed by atoms with Gasteiger partial charge in [0.2, 0.25) is 0 Å². The zero-order valence-electron chi connectivity index (χ0n) is 18.8. The van der Waals surface area contributed by atoms with E-state index in [1.54, 1.807) is 12.3 Å². The quantitative estimate of drug-likeness (QED) is 0.272. The number of benzene rings is 1. The summed E-state index contributed by atoms with van der Waals surface area (Å²) in [6, 6.07) is 7.58. The maximum Gasteiger partial charge on any atom is 0.277 e. The van der Waals surface area contributed by atoms with Crippen LogP contribution in [0.4, 0.5) is 5.82 Å². The third-order valence-corrected chi connectivity index (χ3v) is 7.08. The minimum absolute atomic E-state index is 0.0966. The van der Waals surface area contributed by atoms with Crippen molar-refractivity contribution in [3.63, 3.8) is 0 Å². The van der Waals surface area contributed by atoms with Crippen LogP contribution in [0.1, 0.15) is 29.4 Å². The lowest BCUT2D eigenvalue weighted by Crippen LogP contribution is -2.27. The topological polar surface area (TPSA) is 122 Å². The molecule has 34 heavy (non-hydrogen) atoms. The lowest BCUT2D eigenvalue weighted by molar-refractivity contribution is 0.0539. The molecule has 0 aliphatic carbocycles. The Morgan fingerprint density at radius 1 is 1.41 bits per heavy atom. The van der Waals surface area contributed by atoms with Gasteiger partial charge in [-0.1, -0.05) is 24.6 Å². The number of hydrogen-bond acceptors (Lipinski definition) is 8. The van der Waals surface area contributed by atoms with E-state index < -0.39 is 0 Å². The minimum atomic E-state index is -0.375. The number of rotatable bonds is 6. The van der Waals surface area contributed by atoms with E-state index in [1.807, 2.05) is 25.1 Å². The Bertz CT molecular complexity index is 1390. The van der Waals surface area contributed by atoms with Gasteiger partial charge in [-0.2, -0.15) is 0 Å². The highest BCUT2D eigenvalue weighted by Gasteiger charge is 2.26. The van der Waals surface area contributed by atoms with Crippen molar-refractivity contribution in [3.8, 4) is 0 Å². The standard InChI is InChI=1S/C23H24ClN7O2S/c1-3-16-18(24)17-20(27-16)28-23(29-21(17)31-8-6-13(25)11-31)34-14-9-12-5-4-7-26-19(12)15(10-14)22(32)30-33-2/h4-5,7,9-10,13H,3,6,8,11,25H2,1-2H3,(H,30,32)(H,27,28,29)/t13-/m0/s1. The van der Waals surface area contributed by atoms with E-state index in [4.69, 9.17) is 32.1 Å². The molecule has 0 radical (unpaired) electrons. The van der Waals surface area contributed by atoms with Crippen molar-refractivity contribution in [1.29, 1.82) is 0 Å². The van der Waals surface area contributed by atoms with E-state index in [-0.39, 0.29) is 11.9 Å². The molecule has 9 nitrogen and oxygen atoms in total.